The molecule has 176 valence electrons. The zero-order valence-corrected chi connectivity index (χ0v) is 19.8. The molecule has 2 N–H and O–H groups in total. The Morgan fingerprint density at radius 2 is 1.71 bits per heavy atom. The Balaban J connectivity index is 1.44. The summed E-state index contributed by atoms with van der Waals surface area (Å²) in [6.45, 7) is 7.29. The third kappa shape index (κ3) is 3.73. The predicted octanol–water partition coefficient (Wildman–Crippen LogP) is 5.34. The third-order valence-electron chi connectivity index (χ3n) is 10.3. The van der Waals surface area contributed by atoms with Gasteiger partial charge in [0.05, 0.1) is 18.1 Å². The number of carboxylic acids is 1. The van der Waals surface area contributed by atoms with Crippen molar-refractivity contribution in [3.63, 3.8) is 0 Å². The maximum atomic E-state index is 13.3. The van der Waals surface area contributed by atoms with E-state index >= 15 is 0 Å². The van der Waals surface area contributed by atoms with Crippen LogP contribution in [0.5, 0.6) is 0 Å². The van der Waals surface area contributed by atoms with E-state index in [4.69, 9.17) is 9.84 Å². The number of hydrogen-bond acceptors (Lipinski definition) is 4. The number of esters is 1. The highest BCUT2D eigenvalue weighted by Gasteiger charge is 2.68. The van der Waals surface area contributed by atoms with Gasteiger partial charge in [-0.15, -0.1) is 0 Å². The second-order valence-electron chi connectivity index (χ2n) is 12.2. The second kappa shape index (κ2) is 8.04. The first kappa shape index (κ1) is 23.1. The van der Waals surface area contributed by atoms with Gasteiger partial charge >= 0.3 is 11.9 Å². The molecule has 0 saturated heterocycles. The van der Waals surface area contributed by atoms with E-state index in [1.807, 2.05) is 0 Å². The summed E-state index contributed by atoms with van der Waals surface area (Å²) in [5, 5.41) is 19.6. The Morgan fingerprint density at radius 3 is 2.45 bits per heavy atom. The summed E-state index contributed by atoms with van der Waals surface area (Å²) in [7, 11) is 0. The molecule has 0 aromatic carbocycles. The van der Waals surface area contributed by atoms with Crippen LogP contribution >= 0.6 is 0 Å². The van der Waals surface area contributed by atoms with Crippen LogP contribution in [0.2, 0.25) is 0 Å². The number of fused-ring (bicyclic) bond motifs is 3. The van der Waals surface area contributed by atoms with E-state index in [2.05, 4.69) is 20.8 Å². The standard InChI is InChI=1S/C26H42O5/c1-23-13-9-19-24(2)11-7-12-25(3,22(30)31-15-6-4-5-8-21(28)29)18(24)10-14-26(19,17-23)16-20(23)27/h18-20,27H,4-17H2,1-3H3,(H,28,29)/t18-,19-,20+,23-,24+,25+,26-/m0/s1. The minimum atomic E-state index is -0.765. The molecule has 5 nitrogen and oxygen atoms in total. The van der Waals surface area contributed by atoms with Crippen molar-refractivity contribution in [2.45, 2.75) is 110 Å². The maximum absolute atomic E-state index is 13.3. The number of hydrogen-bond donors (Lipinski definition) is 2. The fraction of sp³-hybridized carbons (Fsp3) is 0.923. The molecule has 4 rings (SSSR count). The van der Waals surface area contributed by atoms with Gasteiger partial charge in [0.25, 0.3) is 0 Å². The highest BCUT2D eigenvalue weighted by molar-refractivity contribution is 5.77. The van der Waals surface area contributed by atoms with Gasteiger partial charge in [-0.1, -0.05) is 20.3 Å². The van der Waals surface area contributed by atoms with Gasteiger partial charge in [0, 0.05) is 6.42 Å². The SMILES string of the molecule is C[C@@]12CC[C@@H]3[C@@](CC[C@H]4[C@@]3(C)CCC[C@@]4(C)C(=O)OCCCCCC(=O)O)(C[C@H]1O)C2. The molecule has 5 heteroatoms. The summed E-state index contributed by atoms with van der Waals surface area (Å²) < 4.78 is 5.79. The smallest absolute Gasteiger partial charge is 0.312 e. The minimum Gasteiger partial charge on any atom is -0.481 e. The van der Waals surface area contributed by atoms with E-state index < -0.39 is 11.4 Å². The zero-order valence-electron chi connectivity index (χ0n) is 19.8. The Labute approximate surface area is 187 Å². The van der Waals surface area contributed by atoms with Gasteiger partial charge in [-0.25, -0.2) is 0 Å². The lowest BCUT2D eigenvalue weighted by Gasteiger charge is -2.64. The van der Waals surface area contributed by atoms with E-state index in [1.54, 1.807) is 0 Å². The zero-order chi connectivity index (χ0) is 22.5. The highest BCUT2D eigenvalue weighted by atomic mass is 16.5. The van der Waals surface area contributed by atoms with E-state index in [0.29, 0.717) is 24.9 Å². The van der Waals surface area contributed by atoms with E-state index in [-0.39, 0.29) is 34.7 Å². The molecule has 1 spiro atoms. The van der Waals surface area contributed by atoms with Crippen LogP contribution in [0.3, 0.4) is 0 Å². The van der Waals surface area contributed by atoms with Crippen LogP contribution < -0.4 is 0 Å². The van der Waals surface area contributed by atoms with Crippen LogP contribution in [0.15, 0.2) is 0 Å². The molecule has 0 radical (unpaired) electrons. The van der Waals surface area contributed by atoms with E-state index in [9.17, 15) is 14.7 Å². The second-order valence-corrected chi connectivity index (χ2v) is 12.2. The maximum Gasteiger partial charge on any atom is 0.312 e. The molecule has 0 aliphatic heterocycles. The van der Waals surface area contributed by atoms with Gasteiger partial charge < -0.3 is 14.9 Å². The van der Waals surface area contributed by atoms with Crippen molar-refractivity contribution in [3.8, 4) is 0 Å². The Kier molecular flexibility index (Phi) is 5.98. The summed E-state index contributed by atoms with van der Waals surface area (Å²) >= 11 is 0. The summed E-state index contributed by atoms with van der Waals surface area (Å²) in [4.78, 5) is 24.0. The minimum absolute atomic E-state index is 0.0373. The molecule has 7 atom stereocenters. The number of aliphatic carboxylic acids is 1. The number of carbonyl (C=O) groups excluding carboxylic acids is 1. The van der Waals surface area contributed by atoms with E-state index in [0.717, 1.165) is 57.8 Å². The van der Waals surface area contributed by atoms with Gasteiger partial charge in [0.1, 0.15) is 0 Å². The van der Waals surface area contributed by atoms with Crippen molar-refractivity contribution >= 4 is 11.9 Å². The average molecular weight is 435 g/mol. The lowest BCUT2D eigenvalue weighted by Crippen LogP contribution is -2.58. The van der Waals surface area contributed by atoms with Gasteiger partial charge in [0.2, 0.25) is 0 Å². The van der Waals surface area contributed by atoms with Gasteiger partial charge in [-0.05, 0) is 106 Å². The topological polar surface area (TPSA) is 83.8 Å². The Morgan fingerprint density at radius 1 is 0.968 bits per heavy atom. The summed E-state index contributed by atoms with van der Waals surface area (Å²) in [5.74, 6) is 0.155. The number of aliphatic hydroxyl groups excluding tert-OH is 1. The molecule has 0 heterocycles. The first-order chi connectivity index (χ1) is 14.6. The van der Waals surface area contributed by atoms with Crippen LogP contribution in [-0.2, 0) is 14.3 Å². The fourth-order valence-electron chi connectivity index (χ4n) is 8.86. The number of ether oxygens (including phenoxy) is 1. The third-order valence-corrected chi connectivity index (χ3v) is 10.3. The van der Waals surface area contributed by atoms with Crippen LogP contribution in [0, 0.1) is 33.5 Å². The molecule has 0 aromatic heterocycles. The quantitative estimate of drug-likeness (QED) is 0.417. The van der Waals surface area contributed by atoms with Crippen molar-refractivity contribution in [1.82, 2.24) is 0 Å². The van der Waals surface area contributed by atoms with Crippen molar-refractivity contribution in [2.75, 3.05) is 6.61 Å². The predicted molar refractivity (Wildman–Crippen MR) is 118 cm³/mol. The first-order valence-electron chi connectivity index (χ1n) is 12.6. The lowest BCUT2D eigenvalue weighted by atomic mass is 9.40. The number of rotatable bonds is 7. The molecule has 2 bridgehead atoms. The molecular formula is C26H42O5. The molecule has 4 saturated carbocycles. The summed E-state index contributed by atoms with van der Waals surface area (Å²) in [6, 6.07) is 0. The first-order valence-corrected chi connectivity index (χ1v) is 12.6. The molecule has 0 unspecified atom stereocenters. The van der Waals surface area contributed by atoms with Gasteiger partial charge in [-0.2, -0.15) is 0 Å². The van der Waals surface area contributed by atoms with Gasteiger partial charge in [0.15, 0.2) is 0 Å². The molecular weight excluding hydrogens is 392 g/mol. The Hall–Kier alpha value is -1.10. The molecule has 4 fully saturated rings. The van der Waals surface area contributed by atoms with E-state index in [1.165, 1.54) is 12.8 Å². The average Bonchev–Trinajstić information content (AvgIpc) is 2.87. The lowest BCUT2D eigenvalue weighted by molar-refractivity contribution is -0.188. The van der Waals surface area contributed by atoms with Crippen molar-refractivity contribution < 1.29 is 24.5 Å². The van der Waals surface area contributed by atoms with Crippen molar-refractivity contribution in [2.24, 2.45) is 33.5 Å². The number of unbranched alkanes of at least 4 members (excludes halogenated alkanes) is 2. The molecule has 0 amide bonds. The van der Waals surface area contributed by atoms with Gasteiger partial charge in [-0.3, -0.25) is 9.59 Å². The number of aliphatic hydroxyl groups is 1. The molecule has 0 aromatic rings. The molecule has 4 aliphatic carbocycles. The van der Waals surface area contributed by atoms with Crippen LogP contribution in [0.4, 0.5) is 0 Å². The van der Waals surface area contributed by atoms with Crippen LogP contribution in [0.1, 0.15) is 104 Å². The summed E-state index contributed by atoms with van der Waals surface area (Å²) in [5.41, 5.74) is 0.0893. The normalized spacial score (nSPS) is 46.1. The molecule has 4 aliphatic rings. The largest absolute Gasteiger partial charge is 0.481 e. The van der Waals surface area contributed by atoms with Crippen molar-refractivity contribution in [3.05, 3.63) is 0 Å². The monoisotopic (exact) mass is 434 g/mol. The molecule has 31 heavy (non-hydrogen) atoms. The van der Waals surface area contributed by atoms with Crippen LogP contribution in [0.25, 0.3) is 0 Å². The highest BCUT2D eigenvalue weighted by Crippen LogP contribution is 2.73. The van der Waals surface area contributed by atoms with Crippen LogP contribution in [-0.4, -0.2) is 34.9 Å². The Bertz CT molecular complexity index is 721. The number of carbonyl (C=O) groups is 2. The van der Waals surface area contributed by atoms with Crippen molar-refractivity contribution in [1.29, 1.82) is 0 Å². The summed E-state index contributed by atoms with van der Waals surface area (Å²) in [6.07, 6.45) is 12.0. The fourth-order valence-corrected chi connectivity index (χ4v) is 8.86. The number of carboxylic acid groups (broad SMARTS) is 1.